The summed E-state index contributed by atoms with van der Waals surface area (Å²) in [7, 11) is 0. The highest BCUT2D eigenvalue weighted by molar-refractivity contribution is 5.07. The van der Waals surface area contributed by atoms with Crippen molar-refractivity contribution in [3.8, 4) is 0 Å². The molecule has 0 aromatic heterocycles. The van der Waals surface area contributed by atoms with Crippen LogP contribution < -0.4 is 0 Å². The number of ether oxygens (including phenoxy) is 1. The quantitative estimate of drug-likeness (QED) is 0.619. The Morgan fingerprint density at radius 1 is 1.29 bits per heavy atom. The number of hydrogen-bond donors (Lipinski definition) is 0. The van der Waals surface area contributed by atoms with Gasteiger partial charge in [0.2, 0.25) is 0 Å². The van der Waals surface area contributed by atoms with E-state index >= 15 is 0 Å². The summed E-state index contributed by atoms with van der Waals surface area (Å²) in [5, 5.41) is 0. The highest BCUT2D eigenvalue weighted by Crippen LogP contribution is 2.21. The second-order valence-electron chi connectivity index (χ2n) is 4.04. The number of allylic oxidation sites excluding steroid dienone is 2. The van der Waals surface area contributed by atoms with Gasteiger partial charge in [0, 0.05) is 0 Å². The van der Waals surface area contributed by atoms with E-state index in [1.165, 1.54) is 32.1 Å². The van der Waals surface area contributed by atoms with Gasteiger partial charge in [-0.25, -0.2) is 0 Å². The second kappa shape index (κ2) is 6.69. The molecule has 14 heavy (non-hydrogen) atoms. The van der Waals surface area contributed by atoms with Crippen LogP contribution in [0.1, 0.15) is 46.0 Å². The number of rotatable bonds is 6. The average Bonchev–Trinajstić information content (AvgIpc) is 2.25. The molecule has 1 aliphatic rings. The first-order valence-electron chi connectivity index (χ1n) is 5.85. The van der Waals surface area contributed by atoms with Crippen LogP contribution in [0.15, 0.2) is 24.5 Å². The van der Waals surface area contributed by atoms with Gasteiger partial charge in [-0.3, -0.25) is 0 Å². The Kier molecular flexibility index (Phi) is 5.43. The van der Waals surface area contributed by atoms with E-state index in [0.29, 0.717) is 6.10 Å². The maximum absolute atomic E-state index is 5.52. The molecule has 1 heteroatoms. The first kappa shape index (κ1) is 11.4. The van der Waals surface area contributed by atoms with Crippen LogP contribution in [-0.4, -0.2) is 6.10 Å². The SMILES string of the molecule is CCCCC(CC)CC1C=CC=CO1. The summed E-state index contributed by atoms with van der Waals surface area (Å²) in [5.41, 5.74) is 0. The molecule has 1 nitrogen and oxygen atoms in total. The largest absolute Gasteiger partial charge is 0.494 e. The third-order valence-electron chi connectivity index (χ3n) is 2.88. The summed E-state index contributed by atoms with van der Waals surface area (Å²) in [6, 6.07) is 0. The molecule has 0 N–H and O–H groups in total. The zero-order chi connectivity index (χ0) is 10.2. The monoisotopic (exact) mass is 194 g/mol. The molecule has 0 aromatic carbocycles. The molecule has 0 bridgehead atoms. The van der Waals surface area contributed by atoms with Crippen LogP contribution >= 0.6 is 0 Å². The van der Waals surface area contributed by atoms with Gasteiger partial charge in [0.1, 0.15) is 6.10 Å². The molecule has 1 heterocycles. The predicted molar refractivity (Wildman–Crippen MR) is 61.1 cm³/mol. The Hall–Kier alpha value is -0.720. The molecule has 0 fully saturated rings. The number of hydrogen-bond acceptors (Lipinski definition) is 1. The lowest BCUT2D eigenvalue weighted by atomic mass is 9.93. The van der Waals surface area contributed by atoms with Crippen LogP contribution in [0.4, 0.5) is 0 Å². The minimum Gasteiger partial charge on any atom is -0.494 e. The normalized spacial score (nSPS) is 22.0. The number of unbranched alkanes of at least 4 members (excludes halogenated alkanes) is 1. The zero-order valence-corrected chi connectivity index (χ0v) is 9.41. The first-order chi connectivity index (χ1) is 6.86. The van der Waals surface area contributed by atoms with E-state index in [4.69, 9.17) is 4.74 Å². The van der Waals surface area contributed by atoms with Crippen molar-refractivity contribution < 1.29 is 4.74 Å². The minimum atomic E-state index is 0.321. The van der Waals surface area contributed by atoms with E-state index in [-0.39, 0.29) is 0 Å². The van der Waals surface area contributed by atoms with E-state index in [1.54, 1.807) is 6.26 Å². The highest BCUT2D eigenvalue weighted by Gasteiger charge is 2.13. The molecule has 0 saturated heterocycles. The van der Waals surface area contributed by atoms with Crippen molar-refractivity contribution in [2.24, 2.45) is 5.92 Å². The van der Waals surface area contributed by atoms with Gasteiger partial charge in [0.05, 0.1) is 6.26 Å². The van der Waals surface area contributed by atoms with Gasteiger partial charge in [-0.15, -0.1) is 0 Å². The molecule has 0 aliphatic carbocycles. The van der Waals surface area contributed by atoms with Gasteiger partial charge >= 0.3 is 0 Å². The second-order valence-corrected chi connectivity index (χ2v) is 4.04. The molecule has 2 atom stereocenters. The van der Waals surface area contributed by atoms with Crippen molar-refractivity contribution in [2.75, 3.05) is 0 Å². The molecule has 0 aromatic rings. The lowest BCUT2D eigenvalue weighted by molar-refractivity contribution is 0.149. The third kappa shape index (κ3) is 3.99. The van der Waals surface area contributed by atoms with Crippen molar-refractivity contribution in [3.05, 3.63) is 24.5 Å². The van der Waals surface area contributed by atoms with Gasteiger partial charge in [0.15, 0.2) is 0 Å². The summed E-state index contributed by atoms with van der Waals surface area (Å²) in [4.78, 5) is 0. The molecule has 0 radical (unpaired) electrons. The molecule has 0 saturated carbocycles. The minimum absolute atomic E-state index is 0.321. The maximum Gasteiger partial charge on any atom is 0.116 e. The molecule has 80 valence electrons. The smallest absolute Gasteiger partial charge is 0.116 e. The van der Waals surface area contributed by atoms with Gasteiger partial charge in [0.25, 0.3) is 0 Å². The Labute approximate surface area is 87.8 Å². The standard InChI is InChI=1S/C13H22O/c1-3-5-8-12(4-2)11-13-9-6-7-10-14-13/h6-7,9-10,12-13H,3-5,8,11H2,1-2H3. The Morgan fingerprint density at radius 3 is 2.71 bits per heavy atom. The van der Waals surface area contributed by atoms with Crippen molar-refractivity contribution in [1.29, 1.82) is 0 Å². The van der Waals surface area contributed by atoms with Crippen LogP contribution in [0.25, 0.3) is 0 Å². The Balaban J connectivity index is 2.25. The summed E-state index contributed by atoms with van der Waals surface area (Å²) < 4.78 is 5.52. The van der Waals surface area contributed by atoms with E-state index in [2.05, 4.69) is 26.0 Å². The molecular formula is C13H22O. The third-order valence-corrected chi connectivity index (χ3v) is 2.88. The van der Waals surface area contributed by atoms with Gasteiger partial charge < -0.3 is 4.74 Å². The highest BCUT2D eigenvalue weighted by atomic mass is 16.5. The fraction of sp³-hybridized carbons (Fsp3) is 0.692. The van der Waals surface area contributed by atoms with Crippen molar-refractivity contribution in [2.45, 2.75) is 52.1 Å². The van der Waals surface area contributed by atoms with E-state index in [1.807, 2.05) is 6.08 Å². The lowest BCUT2D eigenvalue weighted by Crippen LogP contribution is -2.14. The molecule has 2 unspecified atom stereocenters. The Bertz CT molecular complexity index is 193. The summed E-state index contributed by atoms with van der Waals surface area (Å²) >= 11 is 0. The molecule has 0 spiro atoms. The van der Waals surface area contributed by atoms with Gasteiger partial charge in [-0.2, -0.15) is 0 Å². The van der Waals surface area contributed by atoms with Crippen LogP contribution in [-0.2, 0) is 4.74 Å². The van der Waals surface area contributed by atoms with E-state index in [0.717, 1.165) is 5.92 Å². The van der Waals surface area contributed by atoms with Crippen molar-refractivity contribution in [1.82, 2.24) is 0 Å². The van der Waals surface area contributed by atoms with Crippen LogP contribution in [0.2, 0.25) is 0 Å². The molecule has 0 amide bonds. The van der Waals surface area contributed by atoms with Crippen molar-refractivity contribution >= 4 is 0 Å². The molecular weight excluding hydrogens is 172 g/mol. The lowest BCUT2D eigenvalue weighted by Gasteiger charge is -2.21. The van der Waals surface area contributed by atoms with Gasteiger partial charge in [-0.1, -0.05) is 45.6 Å². The molecule has 1 rings (SSSR count). The fourth-order valence-electron chi connectivity index (χ4n) is 1.87. The zero-order valence-electron chi connectivity index (χ0n) is 9.41. The van der Waals surface area contributed by atoms with Gasteiger partial charge in [-0.05, 0) is 24.5 Å². The summed E-state index contributed by atoms with van der Waals surface area (Å²) in [6.07, 6.45) is 14.8. The molecule has 1 aliphatic heterocycles. The van der Waals surface area contributed by atoms with Crippen LogP contribution in [0, 0.1) is 5.92 Å². The van der Waals surface area contributed by atoms with Crippen molar-refractivity contribution in [3.63, 3.8) is 0 Å². The van der Waals surface area contributed by atoms with Crippen LogP contribution in [0.5, 0.6) is 0 Å². The fourth-order valence-corrected chi connectivity index (χ4v) is 1.87. The first-order valence-corrected chi connectivity index (χ1v) is 5.85. The average molecular weight is 194 g/mol. The topological polar surface area (TPSA) is 9.23 Å². The van der Waals surface area contributed by atoms with E-state index < -0.39 is 0 Å². The maximum atomic E-state index is 5.52. The van der Waals surface area contributed by atoms with Crippen LogP contribution in [0.3, 0.4) is 0 Å². The summed E-state index contributed by atoms with van der Waals surface area (Å²) in [5.74, 6) is 0.830. The van der Waals surface area contributed by atoms with E-state index in [9.17, 15) is 0 Å². The summed E-state index contributed by atoms with van der Waals surface area (Å²) in [6.45, 7) is 4.54. The predicted octanol–water partition coefficient (Wildman–Crippen LogP) is 4.06. The Morgan fingerprint density at radius 2 is 2.14 bits per heavy atom.